The Bertz CT molecular complexity index is 2870. The molecule has 0 radical (unpaired) electrons. The van der Waals surface area contributed by atoms with Crippen LogP contribution in [0.3, 0.4) is 0 Å². The zero-order valence-corrected chi connectivity index (χ0v) is 56.4. The lowest BCUT2D eigenvalue weighted by molar-refractivity contribution is -0.148. The Labute approximate surface area is 560 Å². The van der Waals surface area contributed by atoms with Crippen molar-refractivity contribution in [2.75, 3.05) is 98.2 Å². The number of nitrogens with zero attached hydrogens (tertiary/aromatic N) is 4. The van der Waals surface area contributed by atoms with Crippen LogP contribution in [0.4, 0.5) is 8.90 Å². The molecule has 2 rings (SSSR count). The predicted octanol–water partition coefficient (Wildman–Crippen LogP) is -1.52. The minimum Gasteiger partial charge on any atom is -0.481 e. The fraction of sp³-hybridized carbons (Fsp3) is 0.650. The Morgan fingerprint density at radius 2 is 0.856 bits per heavy atom. The minimum atomic E-state index is -3.74. The van der Waals surface area contributed by atoms with Gasteiger partial charge < -0.3 is 86.9 Å². The average Bonchev–Trinajstić information content (AvgIpc) is 0.749. The molecule has 97 heavy (non-hydrogen) atoms. The van der Waals surface area contributed by atoms with Gasteiger partial charge in [-0.2, -0.15) is 0 Å². The van der Waals surface area contributed by atoms with E-state index in [-0.39, 0.29) is 123 Å². The molecule has 1 heterocycles. The number of carbonyl (C=O) groups is 15. The number of amides is 7. The third kappa shape index (κ3) is 32.1. The van der Waals surface area contributed by atoms with Crippen LogP contribution >= 0.6 is 0 Å². The summed E-state index contributed by atoms with van der Waals surface area (Å²) in [5.74, 6) is -15.9. The van der Waals surface area contributed by atoms with Crippen LogP contribution in [-0.2, 0) is 67.1 Å². The van der Waals surface area contributed by atoms with Crippen LogP contribution in [0.25, 0.3) is 0 Å². The second kappa shape index (κ2) is 41.2. The van der Waals surface area contributed by atoms with E-state index in [2.05, 4.69) is 36.6 Å². The fourth-order valence-corrected chi connectivity index (χ4v) is 15.2. The number of alkyl carbamates (subject to hydrolysis) is 1. The van der Waals surface area contributed by atoms with Gasteiger partial charge in [0.25, 0.3) is 14.3 Å². The predicted molar refractivity (Wildman–Crippen MR) is 341 cm³/mol. The lowest BCUT2D eigenvalue weighted by Gasteiger charge is -2.44. The van der Waals surface area contributed by atoms with Crippen LogP contribution < -0.4 is 42.4 Å². The molecule has 1 aliphatic heterocycles. The smallest absolute Gasteiger partial charge is 0.408 e. The van der Waals surface area contributed by atoms with Crippen LogP contribution in [0.15, 0.2) is 24.3 Å². The van der Waals surface area contributed by atoms with Gasteiger partial charge >= 0.3 is 53.8 Å². The number of carboxylic acid groups (broad SMARTS) is 8. The molecule has 1 aliphatic rings. The van der Waals surface area contributed by atoms with E-state index >= 15 is 4.11 Å². The van der Waals surface area contributed by atoms with E-state index in [1.807, 2.05) is 46.9 Å². The van der Waals surface area contributed by atoms with Crippen molar-refractivity contribution < 1.29 is 122 Å². The third-order valence-corrected chi connectivity index (χ3v) is 20.8. The van der Waals surface area contributed by atoms with E-state index in [0.717, 1.165) is 0 Å². The van der Waals surface area contributed by atoms with Crippen LogP contribution in [0.2, 0.25) is 10.1 Å². The lowest BCUT2D eigenvalue weighted by Crippen LogP contribution is -2.58. The Kier molecular flexibility index (Phi) is 35.8. The van der Waals surface area contributed by atoms with Gasteiger partial charge in [0.05, 0.1) is 26.2 Å². The number of rotatable bonds is 40. The Morgan fingerprint density at radius 1 is 0.443 bits per heavy atom. The molecule has 15 N–H and O–H groups in total. The van der Waals surface area contributed by atoms with Crippen molar-refractivity contribution >= 4 is 103 Å². The zero-order chi connectivity index (χ0) is 73.4. The molecule has 0 saturated carbocycles. The molecular weight excluding hydrogens is 1310 g/mol. The van der Waals surface area contributed by atoms with E-state index < -0.39 is 190 Å². The molecule has 1 fully saturated rings. The Balaban J connectivity index is 2.11. The molecule has 35 nitrogen and oxygen atoms in total. The van der Waals surface area contributed by atoms with Gasteiger partial charge in [0.2, 0.25) is 35.6 Å². The normalized spacial score (nSPS) is 15.5. The number of benzene rings is 1. The van der Waals surface area contributed by atoms with Crippen molar-refractivity contribution in [2.45, 2.75) is 153 Å². The van der Waals surface area contributed by atoms with Crippen molar-refractivity contribution in [2.24, 2.45) is 0 Å². The average molecular weight is 1400 g/mol. The largest absolute Gasteiger partial charge is 0.481 e. The van der Waals surface area contributed by atoms with Gasteiger partial charge in [-0.1, -0.05) is 53.7 Å². The summed E-state index contributed by atoms with van der Waals surface area (Å²) in [6, 6.07) is -0.517. The number of nitrogens with one attached hydrogen (secondary N) is 7. The first-order chi connectivity index (χ1) is 45.2. The molecule has 37 heteroatoms. The van der Waals surface area contributed by atoms with E-state index in [4.69, 9.17) is 5.11 Å². The van der Waals surface area contributed by atoms with E-state index in [0.29, 0.717) is 5.19 Å². The first-order valence-corrected chi connectivity index (χ1v) is 33.3. The summed E-state index contributed by atoms with van der Waals surface area (Å²) in [5.41, 5.74) is 0.0742. The number of halogens is 1. The van der Waals surface area contributed by atoms with Crippen molar-refractivity contribution in [1.82, 2.24) is 56.8 Å². The molecule has 5 atom stereocenters. The summed E-state index contributed by atoms with van der Waals surface area (Å²) in [4.78, 5) is 192. The van der Waals surface area contributed by atoms with Crippen LogP contribution in [0.5, 0.6) is 0 Å². The fourth-order valence-electron chi connectivity index (χ4n) is 10.6. The molecular formula is C60H94FN11O24Si. The molecule has 544 valence electrons. The number of hydrogen-bond acceptors (Lipinski definition) is 20. The van der Waals surface area contributed by atoms with Crippen LogP contribution in [0.1, 0.15) is 123 Å². The summed E-state index contributed by atoms with van der Waals surface area (Å²) in [5, 5.41) is 91.7. The molecule has 1 aromatic rings. The molecule has 1 aromatic carbocycles. The maximum Gasteiger partial charge on any atom is 0.408 e. The maximum atomic E-state index is 17.1. The number of carboxylic acids is 8. The van der Waals surface area contributed by atoms with E-state index in [9.17, 15) is 108 Å². The highest BCUT2D eigenvalue weighted by Crippen LogP contribution is 2.51. The third-order valence-electron chi connectivity index (χ3n) is 15.6. The lowest BCUT2D eigenvalue weighted by atomic mass is 10.1. The highest BCUT2D eigenvalue weighted by Gasteiger charge is 2.56. The first-order valence-electron chi connectivity index (χ1n) is 31.4. The molecule has 0 unspecified atom stereocenters. The second-order valence-electron chi connectivity index (χ2n) is 25.3. The Hall–Kier alpha value is -8.94. The monoisotopic (exact) mass is 1400 g/mol. The van der Waals surface area contributed by atoms with Crippen LogP contribution in [-0.4, -0.2) is 287 Å². The topological polar surface area (TPSA) is 524 Å². The summed E-state index contributed by atoms with van der Waals surface area (Å²) in [6.07, 6.45) is -6.83. The molecule has 7 amide bonds. The van der Waals surface area contributed by atoms with Crippen molar-refractivity contribution in [1.29, 1.82) is 0 Å². The van der Waals surface area contributed by atoms with Gasteiger partial charge in [-0.15, -0.1) is 0 Å². The highest BCUT2D eigenvalue weighted by atomic mass is 28.4. The number of ether oxygens (including phenoxy) is 1. The van der Waals surface area contributed by atoms with Crippen LogP contribution in [0, 0.1) is 0 Å². The van der Waals surface area contributed by atoms with E-state index in [1.54, 1.807) is 9.80 Å². The molecule has 0 aromatic heterocycles. The molecule has 0 spiro atoms. The Morgan fingerprint density at radius 3 is 1.28 bits per heavy atom. The quantitative estimate of drug-likeness (QED) is 0.0201. The minimum absolute atomic E-state index is 0.000155. The first kappa shape index (κ1) is 84.1. The molecule has 0 bridgehead atoms. The van der Waals surface area contributed by atoms with E-state index in [1.165, 1.54) is 34.1 Å². The molecule has 0 aliphatic carbocycles. The number of aliphatic carboxylic acids is 8. The number of carbonyl (C=O) groups excluding carboxylic acids is 7. The van der Waals surface area contributed by atoms with Gasteiger partial charge in [0.15, 0.2) is 0 Å². The summed E-state index contributed by atoms with van der Waals surface area (Å²) in [7, 11) is -3.74. The van der Waals surface area contributed by atoms with Gasteiger partial charge in [-0.3, -0.25) is 67.5 Å². The number of unbranched alkanes of at least 4 members (excludes halogenated alkanes) is 1. The summed E-state index contributed by atoms with van der Waals surface area (Å²) in [6.45, 7) is 9.03. The standard InChI is InChI=1S/C60H94FN11O24Si/c1-59(2,3)97(61,60(4,5)6)38-14-12-37(13-15-38)52(85)64-32-42(66-47(76)33-69-24-26-70(34-49(79)80)28-30-72(36-51(83)84)31-29-71(27-25-69)35-50(81)82)53(86)67-40(55(89)90)10-7-8-22-62-44(73)19-20-45(74)63-23-9-11-39(54(87)88)65-46(75)18-17-43(57(93)94)96-58(95)68-41(56(91)92)16-21-48(77)78/h12-15,39-43H,7-11,16-36H2,1-6H3,(H,62,73)(H,63,74)(H,64,85)(H,65,75)(H,66,76)(H,67,86)(H,68,95)(H,77,78)(H,79,80)(H,81,82)(H,83,84)(H,87,88)(H,89,90)(H,91,92)(H,93,94)/t39-,40-,41+,42-,43+/m1/s1. The second-order valence-corrected chi connectivity index (χ2v) is 30.2. The van der Waals surface area contributed by atoms with Gasteiger partial charge in [-0.25, -0.2) is 24.0 Å². The van der Waals surface area contributed by atoms with Gasteiger partial charge in [0, 0.05) is 110 Å². The highest BCUT2D eigenvalue weighted by molar-refractivity contribution is 6.90. The SMILES string of the molecule is CC(C)(C)[Si](F)(c1ccc(C(=O)NC[C@@H](NC(=O)CN2CCN(CC(=O)O)CCN(CC(=O)O)CCN(CC(=O)O)CC2)C(=O)N[C@H](CCCCNC(=O)CCC(=O)NCCC[C@@H](NC(=O)CC[C@H](OC(=O)N[C@@H](CCC(=O)O)C(=O)O)C(=O)O)C(=O)O)C(=O)O)cc1)C(C)(C)C. The molecule has 1 saturated heterocycles. The number of hydrogen-bond donors (Lipinski definition) is 15. The zero-order valence-electron chi connectivity index (χ0n) is 55.4. The van der Waals surface area contributed by atoms with Gasteiger partial charge in [-0.05, 0) is 65.9 Å². The summed E-state index contributed by atoms with van der Waals surface area (Å²) >= 11 is 0. The van der Waals surface area contributed by atoms with Crippen molar-refractivity contribution in [3.63, 3.8) is 0 Å². The summed E-state index contributed by atoms with van der Waals surface area (Å²) < 4.78 is 21.8. The van der Waals surface area contributed by atoms with Crippen molar-refractivity contribution in [3.05, 3.63) is 29.8 Å². The van der Waals surface area contributed by atoms with Gasteiger partial charge in [0.1, 0.15) is 24.2 Å². The maximum absolute atomic E-state index is 17.1. The van der Waals surface area contributed by atoms with Crippen molar-refractivity contribution in [3.8, 4) is 0 Å².